The number of H-pyrrole nitrogens is 2. The summed E-state index contributed by atoms with van der Waals surface area (Å²) >= 11 is 0. The number of ether oxygens (including phenoxy) is 1. The summed E-state index contributed by atoms with van der Waals surface area (Å²) < 4.78 is 7.77. The van der Waals surface area contributed by atoms with Crippen LogP contribution in [0.2, 0.25) is 0 Å². The summed E-state index contributed by atoms with van der Waals surface area (Å²) in [5.41, 5.74) is 3.61. The Morgan fingerprint density at radius 2 is 1.82 bits per heavy atom. The average molecular weight is 611 g/mol. The van der Waals surface area contributed by atoms with Gasteiger partial charge in [0, 0.05) is 55.7 Å². The predicted molar refractivity (Wildman–Crippen MR) is 173 cm³/mol. The van der Waals surface area contributed by atoms with Gasteiger partial charge in [0.25, 0.3) is 5.91 Å². The van der Waals surface area contributed by atoms with Gasteiger partial charge in [0.2, 0.25) is 11.9 Å². The van der Waals surface area contributed by atoms with E-state index in [1.807, 2.05) is 57.3 Å². The number of hydrogen-bond donors (Lipinski definition) is 4. The number of piperazine rings is 1. The Morgan fingerprint density at radius 1 is 1.02 bits per heavy atom. The molecule has 1 saturated heterocycles. The highest BCUT2D eigenvalue weighted by molar-refractivity contribution is 6.11. The van der Waals surface area contributed by atoms with Gasteiger partial charge in [0.1, 0.15) is 5.60 Å². The van der Waals surface area contributed by atoms with Gasteiger partial charge in [-0.15, -0.1) is 0 Å². The molecule has 1 saturated carbocycles. The third-order valence-corrected chi connectivity index (χ3v) is 8.43. The van der Waals surface area contributed by atoms with Crippen LogP contribution in [0.5, 0.6) is 0 Å². The molecule has 2 aliphatic rings. The van der Waals surface area contributed by atoms with E-state index in [9.17, 15) is 9.59 Å². The molecule has 7 rings (SSSR count). The van der Waals surface area contributed by atoms with Gasteiger partial charge in [-0.2, -0.15) is 5.10 Å². The first kappa shape index (κ1) is 28.7. The molecule has 0 bridgehead atoms. The van der Waals surface area contributed by atoms with E-state index in [4.69, 9.17) is 9.72 Å². The van der Waals surface area contributed by atoms with Gasteiger partial charge in [0.05, 0.1) is 34.0 Å². The summed E-state index contributed by atoms with van der Waals surface area (Å²) in [5.74, 6) is 1.04. The molecule has 2 aromatic carbocycles. The first-order valence-electron chi connectivity index (χ1n) is 15.5. The van der Waals surface area contributed by atoms with Gasteiger partial charge in [-0.1, -0.05) is 12.8 Å². The van der Waals surface area contributed by atoms with Crippen molar-refractivity contribution in [2.24, 2.45) is 0 Å². The van der Waals surface area contributed by atoms with E-state index in [0.717, 1.165) is 40.9 Å². The van der Waals surface area contributed by atoms with E-state index < -0.39 is 5.60 Å². The summed E-state index contributed by atoms with van der Waals surface area (Å²) in [6.45, 7) is 7.63. The molecule has 1 aliphatic carbocycles. The van der Waals surface area contributed by atoms with Crippen LogP contribution in [0, 0.1) is 0 Å². The topological polar surface area (TPSA) is 149 Å². The number of aromatic amines is 2. The average Bonchev–Trinajstić information content (AvgIpc) is 3.82. The van der Waals surface area contributed by atoms with Crippen LogP contribution in [0.4, 0.5) is 28.1 Å². The van der Waals surface area contributed by atoms with Crippen LogP contribution in [0.3, 0.4) is 0 Å². The van der Waals surface area contributed by atoms with Gasteiger partial charge in [-0.3, -0.25) is 15.2 Å². The van der Waals surface area contributed by atoms with Crippen LogP contribution in [0.1, 0.15) is 62.9 Å². The Morgan fingerprint density at radius 3 is 2.60 bits per heavy atom. The maximum Gasteiger partial charge on any atom is 0.410 e. The lowest BCUT2D eigenvalue weighted by molar-refractivity contribution is 0.0240. The molecule has 2 fully saturated rings. The van der Waals surface area contributed by atoms with E-state index in [0.29, 0.717) is 54.9 Å². The first-order chi connectivity index (χ1) is 21.7. The number of imidazole rings is 2. The SMILES string of the molecule is CC(C)(C)OC(=O)N1CCN(c2cc3[nH]c(Nc4nccn4C4CCCC4)nc3cc2C(=O)Nc2ccc3cn[nH]c3c2)CC1. The molecule has 2 amide bonds. The molecule has 13 heteroatoms. The Kier molecular flexibility index (Phi) is 7.30. The molecular weight excluding hydrogens is 572 g/mol. The molecule has 0 atom stereocenters. The van der Waals surface area contributed by atoms with Gasteiger partial charge >= 0.3 is 6.09 Å². The molecule has 0 unspecified atom stereocenters. The fourth-order valence-corrected chi connectivity index (χ4v) is 6.21. The Balaban J connectivity index is 1.18. The number of benzene rings is 2. The minimum atomic E-state index is -0.565. The minimum absolute atomic E-state index is 0.255. The summed E-state index contributed by atoms with van der Waals surface area (Å²) in [6.07, 6.45) is 9.96. The molecule has 5 aromatic rings. The predicted octanol–water partition coefficient (Wildman–Crippen LogP) is 5.80. The molecular formula is C32H38N10O3. The van der Waals surface area contributed by atoms with Crippen LogP contribution in [0.15, 0.2) is 48.9 Å². The van der Waals surface area contributed by atoms with Crippen molar-refractivity contribution in [3.63, 3.8) is 0 Å². The van der Waals surface area contributed by atoms with Crippen molar-refractivity contribution in [2.45, 2.75) is 58.1 Å². The Bertz CT molecular complexity index is 1850. The van der Waals surface area contributed by atoms with Crippen molar-refractivity contribution in [1.82, 2.24) is 34.6 Å². The monoisotopic (exact) mass is 610 g/mol. The van der Waals surface area contributed by atoms with Crippen molar-refractivity contribution in [3.05, 3.63) is 54.5 Å². The minimum Gasteiger partial charge on any atom is -0.444 e. The molecule has 3 aromatic heterocycles. The van der Waals surface area contributed by atoms with Crippen molar-refractivity contribution in [2.75, 3.05) is 41.7 Å². The highest BCUT2D eigenvalue weighted by Gasteiger charge is 2.28. The summed E-state index contributed by atoms with van der Waals surface area (Å²) in [5, 5.41) is 14.4. The van der Waals surface area contributed by atoms with E-state index in [-0.39, 0.29) is 12.0 Å². The molecule has 234 valence electrons. The Hall–Kier alpha value is -5.07. The number of rotatable bonds is 6. The molecule has 4 N–H and O–H groups in total. The summed E-state index contributed by atoms with van der Waals surface area (Å²) in [6, 6.07) is 9.85. The van der Waals surface area contributed by atoms with Crippen molar-refractivity contribution in [3.8, 4) is 0 Å². The number of carbonyl (C=O) groups is 2. The Labute approximate surface area is 260 Å². The number of nitrogens with zero attached hydrogens (tertiary/aromatic N) is 6. The smallest absolute Gasteiger partial charge is 0.410 e. The van der Waals surface area contributed by atoms with Gasteiger partial charge < -0.3 is 29.4 Å². The lowest BCUT2D eigenvalue weighted by atomic mass is 10.1. The number of nitrogens with one attached hydrogen (secondary N) is 4. The first-order valence-corrected chi connectivity index (χ1v) is 15.5. The second kappa shape index (κ2) is 11.5. The standard InChI is InChI=1S/C32H38N10O3/c1-32(2,3)45-31(44)41-14-12-40(13-15-41)27-18-26-25(17-23(27)28(43)35-21-9-8-20-19-34-39-24(20)16-21)36-29(37-26)38-30-33-10-11-42(30)22-6-4-5-7-22/h8-11,16-19,22H,4-7,12-15H2,1-3H3,(H,34,39)(H,35,43)(H2,33,36,37,38). The van der Waals surface area contributed by atoms with Crippen LogP contribution in [0.25, 0.3) is 21.9 Å². The fourth-order valence-electron chi connectivity index (χ4n) is 6.21. The van der Waals surface area contributed by atoms with Gasteiger partial charge in [-0.25, -0.2) is 14.8 Å². The maximum absolute atomic E-state index is 13.9. The molecule has 45 heavy (non-hydrogen) atoms. The van der Waals surface area contributed by atoms with Crippen LogP contribution in [-0.2, 0) is 4.74 Å². The second-order valence-electron chi connectivity index (χ2n) is 12.8. The highest BCUT2D eigenvalue weighted by Crippen LogP contribution is 2.33. The highest BCUT2D eigenvalue weighted by atomic mass is 16.6. The largest absolute Gasteiger partial charge is 0.444 e. The van der Waals surface area contributed by atoms with Crippen LogP contribution in [-0.4, -0.2) is 78.4 Å². The molecule has 0 spiro atoms. The van der Waals surface area contributed by atoms with Gasteiger partial charge in [0.15, 0.2) is 0 Å². The molecule has 13 nitrogen and oxygen atoms in total. The van der Waals surface area contributed by atoms with Crippen molar-refractivity contribution >= 4 is 57.2 Å². The lowest BCUT2D eigenvalue weighted by Gasteiger charge is -2.37. The zero-order chi connectivity index (χ0) is 31.1. The van der Waals surface area contributed by atoms with E-state index in [1.54, 1.807) is 17.3 Å². The number of amides is 2. The van der Waals surface area contributed by atoms with Gasteiger partial charge in [-0.05, 0) is 63.9 Å². The normalized spacial score (nSPS) is 16.1. The number of anilines is 4. The fraction of sp³-hybridized carbons (Fsp3) is 0.406. The second-order valence-corrected chi connectivity index (χ2v) is 12.8. The third kappa shape index (κ3) is 6.02. The summed E-state index contributed by atoms with van der Waals surface area (Å²) in [4.78, 5) is 43.1. The number of fused-ring (bicyclic) bond motifs is 2. The van der Waals surface area contributed by atoms with E-state index in [1.165, 1.54) is 12.8 Å². The third-order valence-electron chi connectivity index (χ3n) is 8.43. The lowest BCUT2D eigenvalue weighted by Crippen LogP contribution is -2.50. The molecule has 1 aliphatic heterocycles. The maximum atomic E-state index is 13.9. The number of carbonyl (C=O) groups excluding carboxylic acids is 2. The number of hydrogen-bond acceptors (Lipinski definition) is 8. The summed E-state index contributed by atoms with van der Waals surface area (Å²) in [7, 11) is 0. The van der Waals surface area contributed by atoms with Crippen LogP contribution >= 0.6 is 0 Å². The zero-order valence-electron chi connectivity index (χ0n) is 25.8. The van der Waals surface area contributed by atoms with Crippen molar-refractivity contribution in [1.29, 1.82) is 0 Å². The van der Waals surface area contributed by atoms with E-state index in [2.05, 4.69) is 40.3 Å². The molecule has 4 heterocycles. The van der Waals surface area contributed by atoms with E-state index >= 15 is 0 Å². The van der Waals surface area contributed by atoms with Crippen LogP contribution < -0.4 is 15.5 Å². The zero-order valence-corrected chi connectivity index (χ0v) is 25.8. The molecule has 0 radical (unpaired) electrons. The quantitative estimate of drug-likeness (QED) is 0.188. The number of aromatic nitrogens is 6. The van der Waals surface area contributed by atoms with Crippen molar-refractivity contribution < 1.29 is 14.3 Å².